The summed E-state index contributed by atoms with van der Waals surface area (Å²) in [6.07, 6.45) is 7.77. The number of fused-ring (bicyclic) bond motifs is 1. The maximum atomic E-state index is 12.9. The van der Waals surface area contributed by atoms with E-state index in [1.165, 1.54) is 53.1 Å². The number of hydrogen-bond donors (Lipinski definition) is 1. The molecule has 0 amide bonds. The standard InChI is InChI=1S/C25H29N3.C9H9F/c1-19(16-22-18-27(3)25-13-8-7-12-23(22)25)28-15-9-14-24(28)20(2)26-17-21-10-5-4-6-11-21;10-9-4-2-1-3-8(9)7-5-6-7/h4-8,10-13,18,24,26H,1-2,9,14-17H2,3H3;1-4,7H,5-6H2. The van der Waals surface area contributed by atoms with E-state index in [1.54, 1.807) is 6.07 Å². The molecule has 1 saturated heterocycles. The number of allylic oxidation sites excluding steroid dienone is 1. The van der Waals surface area contributed by atoms with Crippen molar-refractivity contribution in [3.63, 3.8) is 0 Å². The van der Waals surface area contributed by atoms with Gasteiger partial charge in [-0.1, -0.05) is 79.9 Å². The Morgan fingerprint density at radius 2 is 1.63 bits per heavy atom. The first-order valence-electron chi connectivity index (χ1n) is 13.7. The van der Waals surface area contributed by atoms with Gasteiger partial charge in [-0.15, -0.1) is 0 Å². The zero-order chi connectivity index (χ0) is 26.5. The third-order valence-electron chi connectivity index (χ3n) is 7.72. The van der Waals surface area contributed by atoms with E-state index in [1.807, 2.05) is 18.2 Å². The zero-order valence-corrected chi connectivity index (χ0v) is 22.4. The molecule has 1 unspecified atom stereocenters. The minimum atomic E-state index is -0.0370. The Balaban J connectivity index is 0.000000244. The molecule has 4 aromatic rings. The van der Waals surface area contributed by atoms with Crippen LogP contribution in [0.15, 0.2) is 110 Å². The number of likely N-dealkylation sites (tertiary alicyclic amines) is 1. The van der Waals surface area contributed by atoms with Crippen LogP contribution in [-0.2, 0) is 20.0 Å². The number of nitrogens with zero attached hydrogens (tertiary/aromatic N) is 2. The monoisotopic (exact) mass is 507 g/mol. The van der Waals surface area contributed by atoms with E-state index in [0.29, 0.717) is 12.0 Å². The molecule has 1 aliphatic heterocycles. The Bertz CT molecular complexity index is 1400. The molecule has 0 spiro atoms. The van der Waals surface area contributed by atoms with Crippen molar-refractivity contribution in [1.29, 1.82) is 0 Å². The highest BCUT2D eigenvalue weighted by molar-refractivity contribution is 5.84. The quantitative estimate of drug-likeness (QED) is 0.264. The van der Waals surface area contributed by atoms with Gasteiger partial charge in [-0.25, -0.2) is 4.39 Å². The average molecular weight is 508 g/mol. The van der Waals surface area contributed by atoms with E-state index in [-0.39, 0.29) is 5.82 Å². The Hall–Kier alpha value is -3.79. The Morgan fingerprint density at radius 3 is 2.39 bits per heavy atom. The lowest BCUT2D eigenvalue weighted by Crippen LogP contribution is -2.35. The second-order valence-corrected chi connectivity index (χ2v) is 10.5. The molecule has 1 N–H and O–H groups in total. The number of aromatic nitrogens is 1. The summed E-state index contributed by atoms with van der Waals surface area (Å²) in [7, 11) is 2.11. The van der Waals surface area contributed by atoms with Crippen LogP contribution in [0, 0.1) is 5.82 Å². The molecule has 38 heavy (non-hydrogen) atoms. The zero-order valence-electron chi connectivity index (χ0n) is 22.4. The fourth-order valence-corrected chi connectivity index (χ4v) is 5.53. The SMILES string of the molecule is C=C(NCc1ccccc1)C1CCCN1C(=C)Cc1cn(C)c2ccccc12.Fc1ccccc1C1CC1. The number of aryl methyl sites for hydroxylation is 1. The summed E-state index contributed by atoms with van der Waals surface area (Å²) < 4.78 is 15.1. The van der Waals surface area contributed by atoms with Gasteiger partial charge in [0, 0.05) is 55.1 Å². The summed E-state index contributed by atoms with van der Waals surface area (Å²) >= 11 is 0. The number of para-hydroxylation sites is 1. The van der Waals surface area contributed by atoms with E-state index in [2.05, 4.69) is 89.7 Å². The molecule has 1 atom stereocenters. The van der Waals surface area contributed by atoms with Gasteiger partial charge in [-0.05, 0) is 60.4 Å². The van der Waals surface area contributed by atoms with Crippen LogP contribution in [0.25, 0.3) is 10.9 Å². The molecule has 2 fully saturated rings. The molecular formula is C34H38FN3. The van der Waals surface area contributed by atoms with Crippen LogP contribution >= 0.6 is 0 Å². The number of benzene rings is 3. The van der Waals surface area contributed by atoms with E-state index < -0.39 is 0 Å². The van der Waals surface area contributed by atoms with Crippen molar-refractivity contribution in [3.8, 4) is 0 Å². The summed E-state index contributed by atoms with van der Waals surface area (Å²) in [6.45, 7) is 10.7. The maximum absolute atomic E-state index is 12.9. The van der Waals surface area contributed by atoms with Gasteiger partial charge in [0.2, 0.25) is 0 Å². The van der Waals surface area contributed by atoms with Crippen molar-refractivity contribution in [2.45, 2.75) is 50.6 Å². The molecule has 6 rings (SSSR count). The molecule has 0 bridgehead atoms. The van der Waals surface area contributed by atoms with Crippen LogP contribution in [0.1, 0.15) is 48.3 Å². The first kappa shape index (κ1) is 25.8. The van der Waals surface area contributed by atoms with E-state index in [4.69, 9.17) is 0 Å². The molecule has 3 nitrogen and oxygen atoms in total. The Morgan fingerprint density at radius 1 is 0.921 bits per heavy atom. The summed E-state index contributed by atoms with van der Waals surface area (Å²) in [4.78, 5) is 2.45. The molecule has 3 aromatic carbocycles. The highest BCUT2D eigenvalue weighted by Gasteiger charge is 2.28. The maximum Gasteiger partial charge on any atom is 0.126 e. The van der Waals surface area contributed by atoms with Gasteiger partial charge < -0.3 is 14.8 Å². The molecule has 196 valence electrons. The van der Waals surface area contributed by atoms with Crippen LogP contribution < -0.4 is 5.32 Å². The van der Waals surface area contributed by atoms with Crippen LogP contribution in [0.5, 0.6) is 0 Å². The summed E-state index contributed by atoms with van der Waals surface area (Å²) in [5.41, 5.74) is 7.08. The topological polar surface area (TPSA) is 20.2 Å². The van der Waals surface area contributed by atoms with E-state index in [0.717, 1.165) is 37.2 Å². The highest BCUT2D eigenvalue weighted by Crippen LogP contribution is 2.40. The van der Waals surface area contributed by atoms with E-state index >= 15 is 0 Å². The lowest BCUT2D eigenvalue weighted by Gasteiger charge is -2.30. The lowest BCUT2D eigenvalue weighted by molar-refractivity contribution is 0.337. The fraction of sp³-hybridized carbons (Fsp3) is 0.294. The third-order valence-corrected chi connectivity index (χ3v) is 7.72. The van der Waals surface area contributed by atoms with Crippen LogP contribution in [-0.4, -0.2) is 22.1 Å². The number of hydrogen-bond acceptors (Lipinski definition) is 2. The van der Waals surface area contributed by atoms with Gasteiger partial charge in [-0.3, -0.25) is 0 Å². The second kappa shape index (κ2) is 11.7. The largest absolute Gasteiger partial charge is 0.383 e. The molecule has 1 aliphatic carbocycles. The van der Waals surface area contributed by atoms with Crippen molar-refractivity contribution in [1.82, 2.24) is 14.8 Å². The normalized spacial score (nSPS) is 16.7. The third kappa shape index (κ3) is 6.02. The van der Waals surface area contributed by atoms with Crippen molar-refractivity contribution < 1.29 is 4.39 Å². The predicted octanol–water partition coefficient (Wildman–Crippen LogP) is 7.71. The predicted molar refractivity (Wildman–Crippen MR) is 156 cm³/mol. The average Bonchev–Trinajstić information content (AvgIpc) is 3.57. The van der Waals surface area contributed by atoms with Gasteiger partial charge in [0.25, 0.3) is 0 Å². The van der Waals surface area contributed by atoms with Gasteiger partial charge in [0.15, 0.2) is 0 Å². The molecule has 1 aromatic heterocycles. The minimum Gasteiger partial charge on any atom is -0.383 e. The Labute approximate surface area is 226 Å². The van der Waals surface area contributed by atoms with E-state index in [9.17, 15) is 4.39 Å². The number of rotatable bonds is 8. The van der Waals surface area contributed by atoms with Crippen LogP contribution in [0.3, 0.4) is 0 Å². The molecule has 2 aliphatic rings. The lowest BCUT2D eigenvalue weighted by atomic mass is 10.1. The van der Waals surface area contributed by atoms with Crippen LogP contribution in [0.4, 0.5) is 4.39 Å². The molecule has 2 heterocycles. The molecule has 4 heteroatoms. The Kier molecular flexibility index (Phi) is 7.97. The highest BCUT2D eigenvalue weighted by atomic mass is 19.1. The van der Waals surface area contributed by atoms with Crippen LogP contribution in [0.2, 0.25) is 0 Å². The summed E-state index contributed by atoms with van der Waals surface area (Å²) in [5.74, 6) is 0.492. The number of nitrogens with one attached hydrogen (secondary N) is 1. The fourth-order valence-electron chi connectivity index (χ4n) is 5.53. The van der Waals surface area contributed by atoms with Crippen molar-refractivity contribution in [3.05, 3.63) is 132 Å². The summed E-state index contributed by atoms with van der Waals surface area (Å²) in [6, 6.07) is 26.5. The van der Waals surface area contributed by atoms with Gasteiger partial charge in [0.1, 0.15) is 5.82 Å². The van der Waals surface area contributed by atoms with Gasteiger partial charge in [-0.2, -0.15) is 0 Å². The minimum absolute atomic E-state index is 0.0370. The second-order valence-electron chi connectivity index (χ2n) is 10.5. The van der Waals surface area contributed by atoms with Gasteiger partial charge >= 0.3 is 0 Å². The number of halogens is 1. The molecular weight excluding hydrogens is 469 g/mol. The van der Waals surface area contributed by atoms with Crippen molar-refractivity contribution in [2.24, 2.45) is 7.05 Å². The van der Waals surface area contributed by atoms with Gasteiger partial charge in [0.05, 0.1) is 6.04 Å². The first-order valence-corrected chi connectivity index (χ1v) is 13.7. The van der Waals surface area contributed by atoms with Crippen molar-refractivity contribution >= 4 is 10.9 Å². The smallest absolute Gasteiger partial charge is 0.126 e. The first-order chi connectivity index (χ1) is 18.5. The summed E-state index contributed by atoms with van der Waals surface area (Å²) in [5, 5.41) is 4.86. The molecule has 0 radical (unpaired) electrons. The molecule has 1 saturated carbocycles. The van der Waals surface area contributed by atoms with Crippen molar-refractivity contribution in [2.75, 3.05) is 6.54 Å².